The molecule has 0 fully saturated rings. The topological polar surface area (TPSA) is 74.5 Å². The molecule has 0 unspecified atom stereocenters. The SMILES string of the molecule is N#Cc1cccc(SCCCNc2ncccn2)n1. The van der Waals surface area contributed by atoms with Crippen LogP contribution in [0.15, 0.2) is 41.7 Å². The Balaban J connectivity index is 1.68. The Hall–Kier alpha value is -2.13. The van der Waals surface area contributed by atoms with Gasteiger partial charge in [0.2, 0.25) is 5.95 Å². The predicted octanol–water partition coefficient (Wildman–Crippen LogP) is 2.34. The lowest BCUT2D eigenvalue weighted by molar-refractivity contribution is 0.958. The van der Waals surface area contributed by atoms with E-state index in [-0.39, 0.29) is 0 Å². The van der Waals surface area contributed by atoms with Gasteiger partial charge in [0.15, 0.2) is 0 Å². The molecule has 2 aromatic heterocycles. The summed E-state index contributed by atoms with van der Waals surface area (Å²) in [5.74, 6) is 1.58. The molecule has 0 bridgehead atoms. The van der Waals surface area contributed by atoms with E-state index in [0.717, 1.165) is 23.7 Å². The molecule has 0 aromatic carbocycles. The van der Waals surface area contributed by atoms with Crippen molar-refractivity contribution in [1.82, 2.24) is 15.0 Å². The fraction of sp³-hybridized carbons (Fsp3) is 0.231. The summed E-state index contributed by atoms with van der Waals surface area (Å²) in [4.78, 5) is 12.4. The van der Waals surface area contributed by atoms with Gasteiger partial charge < -0.3 is 5.32 Å². The van der Waals surface area contributed by atoms with Crippen LogP contribution in [0.3, 0.4) is 0 Å². The van der Waals surface area contributed by atoms with Crippen LogP contribution in [0.1, 0.15) is 12.1 Å². The van der Waals surface area contributed by atoms with Gasteiger partial charge in [0.25, 0.3) is 0 Å². The van der Waals surface area contributed by atoms with Crippen molar-refractivity contribution in [3.05, 3.63) is 42.4 Å². The molecule has 0 saturated carbocycles. The first kappa shape index (κ1) is 13.3. The lowest BCUT2D eigenvalue weighted by Gasteiger charge is -2.03. The lowest BCUT2D eigenvalue weighted by Crippen LogP contribution is -2.05. The highest BCUT2D eigenvalue weighted by atomic mass is 32.2. The Bertz CT molecular complexity index is 552. The molecular formula is C13H13N5S. The minimum Gasteiger partial charge on any atom is -0.354 e. The number of nitrogens with one attached hydrogen (secondary N) is 1. The average molecular weight is 271 g/mol. The van der Waals surface area contributed by atoms with Crippen LogP contribution in [-0.2, 0) is 0 Å². The highest BCUT2D eigenvalue weighted by Crippen LogP contribution is 2.16. The van der Waals surface area contributed by atoms with Gasteiger partial charge in [-0.1, -0.05) is 6.07 Å². The molecule has 1 N–H and O–H groups in total. The number of pyridine rings is 1. The van der Waals surface area contributed by atoms with Crippen molar-refractivity contribution in [2.45, 2.75) is 11.4 Å². The standard InChI is InChI=1S/C13H13N5S/c14-10-11-4-1-5-12(18-11)19-9-3-8-17-13-15-6-2-7-16-13/h1-2,4-7H,3,8-9H2,(H,15,16,17). The van der Waals surface area contributed by atoms with Gasteiger partial charge in [-0.2, -0.15) is 5.26 Å². The maximum absolute atomic E-state index is 8.75. The molecule has 6 heteroatoms. The second kappa shape index (κ2) is 7.34. The van der Waals surface area contributed by atoms with Crippen LogP contribution in [-0.4, -0.2) is 27.2 Å². The first-order valence-corrected chi connectivity index (χ1v) is 6.88. The normalized spacial score (nSPS) is 9.84. The molecule has 2 aromatic rings. The van der Waals surface area contributed by atoms with Crippen molar-refractivity contribution < 1.29 is 0 Å². The second-order valence-corrected chi connectivity index (χ2v) is 4.79. The lowest BCUT2D eigenvalue weighted by atomic mass is 10.4. The van der Waals surface area contributed by atoms with Gasteiger partial charge in [0.05, 0.1) is 5.03 Å². The summed E-state index contributed by atoms with van der Waals surface area (Å²) >= 11 is 1.64. The zero-order chi connectivity index (χ0) is 13.3. The number of nitrogens with zero attached hydrogens (tertiary/aromatic N) is 4. The number of hydrogen-bond donors (Lipinski definition) is 1. The van der Waals surface area contributed by atoms with E-state index >= 15 is 0 Å². The summed E-state index contributed by atoms with van der Waals surface area (Å²) in [6, 6.07) is 9.30. The monoisotopic (exact) mass is 271 g/mol. The number of anilines is 1. The maximum atomic E-state index is 8.75. The Morgan fingerprint density at radius 3 is 2.84 bits per heavy atom. The van der Waals surface area contributed by atoms with E-state index in [1.54, 1.807) is 36.3 Å². The number of nitriles is 1. The van der Waals surface area contributed by atoms with Crippen molar-refractivity contribution in [2.24, 2.45) is 0 Å². The van der Waals surface area contributed by atoms with Gasteiger partial charge in [-0.15, -0.1) is 11.8 Å². The summed E-state index contributed by atoms with van der Waals surface area (Å²) < 4.78 is 0. The van der Waals surface area contributed by atoms with Gasteiger partial charge in [-0.3, -0.25) is 0 Å². The number of aromatic nitrogens is 3. The molecule has 2 rings (SSSR count). The van der Waals surface area contributed by atoms with Crippen LogP contribution in [0, 0.1) is 11.3 Å². The van der Waals surface area contributed by atoms with Crippen LogP contribution in [0.25, 0.3) is 0 Å². The largest absolute Gasteiger partial charge is 0.354 e. The minimum absolute atomic E-state index is 0.459. The first-order valence-electron chi connectivity index (χ1n) is 5.89. The van der Waals surface area contributed by atoms with Gasteiger partial charge in [-0.05, 0) is 24.6 Å². The molecule has 0 spiro atoms. The van der Waals surface area contributed by atoms with Crippen molar-refractivity contribution in [3.63, 3.8) is 0 Å². The van der Waals surface area contributed by atoms with Gasteiger partial charge in [0.1, 0.15) is 11.8 Å². The third-order valence-corrected chi connectivity index (χ3v) is 3.27. The third-order valence-electron chi connectivity index (χ3n) is 2.26. The fourth-order valence-corrected chi connectivity index (χ4v) is 2.23. The van der Waals surface area contributed by atoms with Crippen LogP contribution in [0.4, 0.5) is 5.95 Å². The van der Waals surface area contributed by atoms with E-state index in [0.29, 0.717) is 11.6 Å². The van der Waals surface area contributed by atoms with Crippen molar-refractivity contribution in [2.75, 3.05) is 17.6 Å². The molecular weight excluding hydrogens is 258 g/mol. The smallest absolute Gasteiger partial charge is 0.222 e. The summed E-state index contributed by atoms with van der Waals surface area (Å²) in [7, 11) is 0. The van der Waals surface area contributed by atoms with Crippen molar-refractivity contribution >= 4 is 17.7 Å². The number of thioether (sulfide) groups is 1. The highest BCUT2D eigenvalue weighted by Gasteiger charge is 1.98. The average Bonchev–Trinajstić information content (AvgIpc) is 2.48. The molecule has 0 saturated heterocycles. The van der Waals surface area contributed by atoms with E-state index in [4.69, 9.17) is 5.26 Å². The predicted molar refractivity (Wildman–Crippen MR) is 74.8 cm³/mol. The van der Waals surface area contributed by atoms with E-state index < -0.39 is 0 Å². The van der Waals surface area contributed by atoms with E-state index in [1.807, 2.05) is 18.2 Å². The number of rotatable bonds is 6. The molecule has 0 aliphatic rings. The zero-order valence-electron chi connectivity index (χ0n) is 10.3. The summed E-state index contributed by atoms with van der Waals surface area (Å²) in [6.45, 7) is 0.814. The molecule has 96 valence electrons. The van der Waals surface area contributed by atoms with Gasteiger partial charge >= 0.3 is 0 Å². The molecule has 0 radical (unpaired) electrons. The minimum atomic E-state index is 0.459. The molecule has 19 heavy (non-hydrogen) atoms. The van der Waals surface area contributed by atoms with E-state index in [2.05, 4.69) is 20.3 Å². The van der Waals surface area contributed by atoms with Crippen LogP contribution < -0.4 is 5.32 Å². The van der Waals surface area contributed by atoms with E-state index in [9.17, 15) is 0 Å². The summed E-state index contributed by atoms with van der Waals surface area (Å²) in [5, 5.41) is 12.8. The molecule has 2 heterocycles. The molecule has 0 amide bonds. The summed E-state index contributed by atoms with van der Waals surface area (Å²) in [6.07, 6.45) is 4.39. The molecule has 5 nitrogen and oxygen atoms in total. The van der Waals surface area contributed by atoms with Gasteiger partial charge in [0, 0.05) is 24.7 Å². The molecule has 0 aliphatic carbocycles. The van der Waals surface area contributed by atoms with E-state index in [1.165, 1.54) is 0 Å². The Morgan fingerprint density at radius 1 is 1.21 bits per heavy atom. The van der Waals surface area contributed by atoms with Crippen LogP contribution in [0.2, 0.25) is 0 Å². The third kappa shape index (κ3) is 4.56. The second-order valence-electron chi connectivity index (χ2n) is 3.67. The van der Waals surface area contributed by atoms with Crippen molar-refractivity contribution in [3.8, 4) is 6.07 Å². The Labute approximate surface area is 116 Å². The molecule has 0 aliphatic heterocycles. The zero-order valence-corrected chi connectivity index (χ0v) is 11.1. The fourth-order valence-electron chi connectivity index (χ4n) is 1.40. The highest BCUT2D eigenvalue weighted by molar-refractivity contribution is 7.99. The quantitative estimate of drug-likeness (QED) is 0.642. The van der Waals surface area contributed by atoms with Crippen LogP contribution in [0.5, 0.6) is 0 Å². The number of hydrogen-bond acceptors (Lipinski definition) is 6. The Morgan fingerprint density at radius 2 is 2.05 bits per heavy atom. The maximum Gasteiger partial charge on any atom is 0.222 e. The summed E-state index contributed by atoms with van der Waals surface area (Å²) in [5.41, 5.74) is 0.459. The molecule has 0 atom stereocenters. The van der Waals surface area contributed by atoms with Gasteiger partial charge in [-0.25, -0.2) is 15.0 Å². The first-order chi connectivity index (χ1) is 9.38. The van der Waals surface area contributed by atoms with Crippen LogP contribution >= 0.6 is 11.8 Å². The van der Waals surface area contributed by atoms with Crippen molar-refractivity contribution in [1.29, 1.82) is 5.26 Å². The Kier molecular flexibility index (Phi) is 5.14.